The lowest BCUT2D eigenvalue weighted by atomic mass is 9.97. The lowest BCUT2D eigenvalue weighted by Crippen LogP contribution is -2.28. The second kappa shape index (κ2) is 2.84. The molecule has 0 amide bonds. The van der Waals surface area contributed by atoms with Crippen molar-refractivity contribution in [2.24, 2.45) is 5.89 Å². The third-order valence-electron chi connectivity index (χ3n) is 1.32. The number of carboxylic acids is 1. The van der Waals surface area contributed by atoms with Crippen LogP contribution in [0.2, 0.25) is 0 Å². The maximum Gasteiger partial charge on any atom is 0.316 e. The van der Waals surface area contributed by atoms with Gasteiger partial charge in [-0.2, -0.15) is 0 Å². The molecule has 0 bridgehead atoms. The molecule has 0 aliphatic heterocycles. The number of allylic oxidation sites excluding steroid dienone is 2. The molecule has 0 aromatic heterocycles. The quantitative estimate of drug-likeness (QED) is 0.584. The van der Waals surface area contributed by atoms with Crippen LogP contribution in [-0.4, -0.2) is 22.3 Å². The van der Waals surface area contributed by atoms with Crippen molar-refractivity contribution in [3.63, 3.8) is 0 Å². The lowest BCUT2D eigenvalue weighted by Gasteiger charge is -2.16. The van der Waals surface area contributed by atoms with Crippen molar-refractivity contribution in [2.45, 2.75) is 6.10 Å². The number of hydrogen-bond acceptors (Lipinski definition) is 2. The number of rotatable bonds is 1. The molecule has 0 saturated heterocycles. The zero-order chi connectivity index (χ0) is 9.35. The van der Waals surface area contributed by atoms with Crippen LogP contribution in [-0.2, 0) is 4.79 Å². The van der Waals surface area contributed by atoms with Gasteiger partial charge in [0.15, 0.2) is 0 Å². The van der Waals surface area contributed by atoms with Gasteiger partial charge < -0.3 is 10.2 Å². The van der Waals surface area contributed by atoms with Crippen LogP contribution in [0.15, 0.2) is 24.1 Å². The molecule has 0 radical (unpaired) electrons. The first-order valence-electron chi connectivity index (χ1n) is 3.45. The Hall–Kier alpha value is -1.16. The van der Waals surface area contributed by atoms with Gasteiger partial charge in [-0.1, -0.05) is 12.2 Å². The van der Waals surface area contributed by atoms with Crippen molar-refractivity contribution in [1.29, 1.82) is 0 Å². The topological polar surface area (TPSA) is 57.5 Å². The summed E-state index contributed by atoms with van der Waals surface area (Å²) in [5.74, 6) is -5.44. The third-order valence-corrected chi connectivity index (χ3v) is 1.32. The summed E-state index contributed by atoms with van der Waals surface area (Å²) in [7, 11) is 0. The molecule has 0 heterocycles. The van der Waals surface area contributed by atoms with Crippen LogP contribution in [0.5, 0.6) is 0 Å². The minimum atomic E-state index is -2.57. The van der Waals surface area contributed by atoms with E-state index >= 15 is 0 Å². The van der Waals surface area contributed by atoms with Crippen molar-refractivity contribution in [3.8, 4) is 0 Å². The Kier molecular flexibility index (Phi) is 1.69. The molecule has 1 aliphatic carbocycles. The van der Waals surface area contributed by atoms with Crippen LogP contribution in [0.1, 0.15) is 1.37 Å². The number of aliphatic hydroxyl groups is 1. The van der Waals surface area contributed by atoms with E-state index in [-0.39, 0.29) is 0 Å². The van der Waals surface area contributed by atoms with Crippen LogP contribution in [0.4, 0.5) is 4.39 Å². The van der Waals surface area contributed by atoms with E-state index in [1.165, 1.54) is 6.08 Å². The predicted octanol–water partition coefficient (Wildman–Crippen LogP) is 0.471. The molecule has 4 heteroatoms. The van der Waals surface area contributed by atoms with Crippen LogP contribution in [0.3, 0.4) is 0 Å². The first kappa shape index (κ1) is 6.54. The standard InChI is InChI=1S/C7H7FO3/c8-4-2-1-3-5(9)6(4)7(10)11/h1-3,5-6,9H,(H,10,11)/i6D. The molecule has 0 aromatic rings. The Morgan fingerprint density at radius 2 is 2.45 bits per heavy atom. The van der Waals surface area contributed by atoms with Crippen LogP contribution in [0, 0.1) is 5.89 Å². The third kappa shape index (κ3) is 1.46. The van der Waals surface area contributed by atoms with Gasteiger partial charge in [0, 0.05) is 0 Å². The first-order chi connectivity index (χ1) is 5.49. The number of carbonyl (C=O) groups is 1. The molecule has 0 spiro atoms. The fraction of sp³-hybridized carbons (Fsp3) is 0.286. The summed E-state index contributed by atoms with van der Waals surface area (Å²) in [6, 6.07) is 0. The molecule has 2 unspecified atom stereocenters. The Morgan fingerprint density at radius 1 is 1.82 bits per heavy atom. The highest BCUT2D eigenvalue weighted by molar-refractivity contribution is 5.74. The van der Waals surface area contributed by atoms with Gasteiger partial charge in [0.2, 0.25) is 0 Å². The van der Waals surface area contributed by atoms with Gasteiger partial charge in [-0.05, 0) is 6.08 Å². The van der Waals surface area contributed by atoms with E-state index in [9.17, 15) is 9.18 Å². The van der Waals surface area contributed by atoms with Gasteiger partial charge in [0.25, 0.3) is 0 Å². The molecule has 0 aromatic carbocycles. The maximum atomic E-state index is 12.8. The summed E-state index contributed by atoms with van der Waals surface area (Å²) in [6.45, 7) is 0. The molecular formula is C7H7FO3. The van der Waals surface area contributed by atoms with E-state index in [0.717, 1.165) is 12.2 Å². The zero-order valence-electron chi connectivity index (χ0n) is 6.49. The van der Waals surface area contributed by atoms with Gasteiger partial charge in [-0.15, -0.1) is 0 Å². The van der Waals surface area contributed by atoms with E-state index in [0.29, 0.717) is 0 Å². The van der Waals surface area contributed by atoms with E-state index in [2.05, 4.69) is 0 Å². The molecule has 0 saturated carbocycles. The van der Waals surface area contributed by atoms with Crippen molar-refractivity contribution in [2.75, 3.05) is 0 Å². The van der Waals surface area contributed by atoms with Crippen molar-refractivity contribution < 1.29 is 20.8 Å². The van der Waals surface area contributed by atoms with E-state index in [1.54, 1.807) is 0 Å². The van der Waals surface area contributed by atoms with Crippen LogP contribution < -0.4 is 0 Å². The SMILES string of the molecule is [2H]C1(C(=O)O)C(F)=CC=CC1O. The normalized spacial score (nSPS) is 37.8. The number of aliphatic carboxylic acids is 1. The number of halogens is 1. The molecule has 3 nitrogen and oxygen atoms in total. The number of hydrogen-bond donors (Lipinski definition) is 2. The van der Waals surface area contributed by atoms with E-state index in [4.69, 9.17) is 11.6 Å². The van der Waals surface area contributed by atoms with Gasteiger partial charge in [0.05, 0.1) is 7.47 Å². The van der Waals surface area contributed by atoms with E-state index < -0.39 is 23.8 Å². The Balaban J connectivity index is 3.10. The average molecular weight is 159 g/mol. The average Bonchev–Trinajstić information content (AvgIpc) is 1.99. The van der Waals surface area contributed by atoms with Crippen LogP contribution in [0.25, 0.3) is 0 Å². The summed E-state index contributed by atoms with van der Waals surface area (Å²) in [5.41, 5.74) is 0. The number of aliphatic hydroxyl groups excluding tert-OH is 1. The minimum Gasteiger partial charge on any atom is -0.481 e. The molecule has 2 N–H and O–H groups in total. The molecule has 1 aliphatic rings. The highest BCUT2D eigenvalue weighted by Gasteiger charge is 2.30. The summed E-state index contributed by atoms with van der Waals surface area (Å²) in [5, 5.41) is 17.5. The molecular weight excluding hydrogens is 151 g/mol. The van der Waals surface area contributed by atoms with Crippen molar-refractivity contribution in [1.82, 2.24) is 0 Å². The monoisotopic (exact) mass is 159 g/mol. The number of carboxylic acid groups (broad SMARTS) is 1. The van der Waals surface area contributed by atoms with Gasteiger partial charge in [-0.3, -0.25) is 4.79 Å². The Morgan fingerprint density at radius 3 is 2.82 bits per heavy atom. The Bertz CT molecular complexity index is 274. The molecule has 11 heavy (non-hydrogen) atoms. The van der Waals surface area contributed by atoms with Gasteiger partial charge in [0.1, 0.15) is 11.7 Å². The highest BCUT2D eigenvalue weighted by atomic mass is 19.1. The predicted molar refractivity (Wildman–Crippen MR) is 35.5 cm³/mol. The summed E-state index contributed by atoms with van der Waals surface area (Å²) in [4.78, 5) is 10.4. The molecule has 0 fully saturated rings. The second-order valence-electron chi connectivity index (χ2n) is 2.06. The van der Waals surface area contributed by atoms with Crippen molar-refractivity contribution in [3.05, 3.63) is 24.1 Å². The van der Waals surface area contributed by atoms with Gasteiger partial charge >= 0.3 is 5.97 Å². The highest BCUT2D eigenvalue weighted by Crippen LogP contribution is 2.21. The maximum absolute atomic E-state index is 12.8. The molecule has 1 rings (SSSR count). The molecule has 60 valence electrons. The lowest BCUT2D eigenvalue weighted by molar-refractivity contribution is -0.143. The first-order valence-corrected chi connectivity index (χ1v) is 2.95. The minimum absolute atomic E-state index is 0.855. The fourth-order valence-corrected chi connectivity index (χ4v) is 0.801. The largest absolute Gasteiger partial charge is 0.481 e. The zero-order valence-corrected chi connectivity index (χ0v) is 5.49. The summed E-state index contributed by atoms with van der Waals surface area (Å²) < 4.78 is 20.0. The van der Waals surface area contributed by atoms with Gasteiger partial charge in [-0.25, -0.2) is 4.39 Å². The van der Waals surface area contributed by atoms with Crippen molar-refractivity contribution >= 4 is 5.97 Å². The smallest absolute Gasteiger partial charge is 0.316 e. The van der Waals surface area contributed by atoms with E-state index in [1.807, 2.05) is 0 Å². The fourth-order valence-electron chi connectivity index (χ4n) is 0.801. The second-order valence-corrected chi connectivity index (χ2v) is 2.06. The summed E-state index contributed by atoms with van der Waals surface area (Å²) >= 11 is 0. The Labute approximate surface area is 63.9 Å². The summed E-state index contributed by atoms with van der Waals surface area (Å²) in [6.07, 6.45) is 1.45. The van der Waals surface area contributed by atoms with Crippen LogP contribution >= 0.6 is 0 Å². The molecule has 2 atom stereocenters.